The lowest BCUT2D eigenvalue weighted by Crippen LogP contribution is -2.68. The molecule has 16 heteroatoms. The summed E-state index contributed by atoms with van der Waals surface area (Å²) in [6, 6.07) is 0. The molecule has 0 aromatic rings. The predicted octanol–water partition coefficient (Wildman–Crippen LogP) is 0.353. The zero-order valence-corrected chi connectivity index (χ0v) is 34.3. The number of aliphatic hydroxyl groups excluding tert-OH is 9. The second kappa shape index (κ2) is 15.2. The van der Waals surface area contributed by atoms with Gasteiger partial charge in [-0.3, -0.25) is 9.59 Å². The zero-order chi connectivity index (χ0) is 42.5. The third-order valence-electron chi connectivity index (χ3n) is 17.6. The third-order valence-corrected chi connectivity index (χ3v) is 17.6. The molecule has 20 atom stereocenters. The molecule has 5 aliphatic carbocycles. The number of carboxylic acid groups (broad SMARTS) is 1. The van der Waals surface area contributed by atoms with Gasteiger partial charge < -0.3 is 70.0 Å². The van der Waals surface area contributed by atoms with Crippen molar-refractivity contribution >= 4 is 11.9 Å². The Morgan fingerprint density at radius 3 is 1.90 bits per heavy atom. The van der Waals surface area contributed by atoms with E-state index in [4.69, 9.17) is 18.9 Å². The van der Waals surface area contributed by atoms with E-state index in [1.54, 1.807) is 6.92 Å². The number of rotatable bonds is 8. The smallest absolute Gasteiger partial charge is 0.315 e. The van der Waals surface area contributed by atoms with Crippen LogP contribution in [0.1, 0.15) is 98.8 Å². The van der Waals surface area contributed by atoms with Crippen LogP contribution in [0.5, 0.6) is 0 Å². The summed E-state index contributed by atoms with van der Waals surface area (Å²) in [5, 5.41) is 104. The van der Waals surface area contributed by atoms with Crippen molar-refractivity contribution in [2.45, 2.75) is 166 Å². The average Bonchev–Trinajstić information content (AvgIpc) is 3.19. The second-order valence-corrected chi connectivity index (χ2v) is 20.2. The minimum atomic E-state index is -1.74. The highest BCUT2D eigenvalue weighted by Gasteiger charge is 2.71. The van der Waals surface area contributed by atoms with Crippen molar-refractivity contribution in [1.82, 2.24) is 0 Å². The molecule has 7 aliphatic rings. The fraction of sp³-hybridized carbons (Fsp3) is 0.905. The van der Waals surface area contributed by atoms with E-state index in [2.05, 4.69) is 26.8 Å². The van der Waals surface area contributed by atoms with Crippen molar-refractivity contribution in [1.29, 1.82) is 0 Å². The first-order valence-corrected chi connectivity index (χ1v) is 21.1. The Morgan fingerprint density at radius 2 is 1.31 bits per heavy atom. The lowest BCUT2D eigenvalue weighted by Gasteiger charge is -2.71. The molecule has 16 nitrogen and oxygen atoms in total. The SMILES string of the molecule is CC1(CO)CCC2(C(=O)OC3OC(CO)C(O)C(O)C3O)CCC3(C)C(=CCC4C5(C)CCC(OC6OC(CO)C(O)C(O)C6O)C(C)(C(=O)O)C5CCC43C)C2C1. The van der Waals surface area contributed by atoms with Gasteiger partial charge in [-0.15, -0.1) is 0 Å². The molecule has 0 aromatic carbocycles. The van der Waals surface area contributed by atoms with Crippen molar-refractivity contribution < 1.29 is 79.6 Å². The largest absolute Gasteiger partial charge is 0.481 e. The van der Waals surface area contributed by atoms with Crippen LogP contribution in [0.3, 0.4) is 0 Å². The van der Waals surface area contributed by atoms with Crippen LogP contribution in [0.2, 0.25) is 0 Å². The lowest BCUT2D eigenvalue weighted by molar-refractivity contribution is -0.329. The normalized spacial score (nSPS) is 54.2. The molecular weight excluding hydrogens is 760 g/mol. The summed E-state index contributed by atoms with van der Waals surface area (Å²) in [5.41, 5.74) is -3.09. The van der Waals surface area contributed by atoms with Crippen molar-refractivity contribution in [2.75, 3.05) is 19.8 Å². The van der Waals surface area contributed by atoms with Gasteiger partial charge in [-0.05, 0) is 111 Å². The Kier molecular flexibility index (Phi) is 11.6. The molecule has 0 spiro atoms. The summed E-state index contributed by atoms with van der Waals surface area (Å²) in [6.45, 7) is 9.07. The van der Waals surface area contributed by atoms with E-state index in [9.17, 15) is 60.7 Å². The number of hydrogen-bond acceptors (Lipinski definition) is 15. The number of aliphatic hydroxyl groups is 9. The molecular formula is C42H66O16. The van der Waals surface area contributed by atoms with Gasteiger partial charge in [0, 0.05) is 6.61 Å². The fourth-order valence-electron chi connectivity index (χ4n) is 13.5. The number of ether oxygens (including phenoxy) is 4. The highest BCUT2D eigenvalue weighted by Crippen LogP contribution is 2.76. The van der Waals surface area contributed by atoms with Gasteiger partial charge in [0.1, 0.15) is 48.8 Å². The van der Waals surface area contributed by atoms with Gasteiger partial charge in [-0.25, -0.2) is 0 Å². The van der Waals surface area contributed by atoms with Gasteiger partial charge in [0.25, 0.3) is 0 Å². The van der Waals surface area contributed by atoms with Crippen LogP contribution >= 0.6 is 0 Å². The number of fused-ring (bicyclic) bond motifs is 7. The minimum absolute atomic E-state index is 0.0285. The molecule has 6 fully saturated rings. The van der Waals surface area contributed by atoms with Crippen molar-refractivity contribution in [3.05, 3.63) is 11.6 Å². The van der Waals surface area contributed by atoms with Crippen molar-refractivity contribution in [3.63, 3.8) is 0 Å². The highest BCUT2D eigenvalue weighted by molar-refractivity contribution is 5.79. The monoisotopic (exact) mass is 826 g/mol. The van der Waals surface area contributed by atoms with Gasteiger partial charge in [0.05, 0.1) is 30.1 Å². The maximum atomic E-state index is 14.6. The number of aliphatic carboxylic acids is 1. The van der Waals surface area contributed by atoms with E-state index in [0.717, 1.165) is 5.57 Å². The Labute approximate surface area is 339 Å². The van der Waals surface area contributed by atoms with Crippen LogP contribution in [-0.2, 0) is 28.5 Å². The molecule has 58 heavy (non-hydrogen) atoms. The summed E-state index contributed by atoms with van der Waals surface area (Å²) in [6.07, 6.45) is -8.87. The van der Waals surface area contributed by atoms with Crippen LogP contribution in [0.25, 0.3) is 0 Å². The number of allylic oxidation sites excluding steroid dienone is 2. The van der Waals surface area contributed by atoms with Crippen LogP contribution in [0, 0.1) is 50.2 Å². The maximum Gasteiger partial charge on any atom is 0.315 e. The average molecular weight is 827 g/mol. The van der Waals surface area contributed by atoms with Gasteiger partial charge in [-0.2, -0.15) is 0 Å². The first-order chi connectivity index (χ1) is 27.1. The number of carbonyl (C=O) groups is 2. The molecule has 0 aromatic heterocycles. The van der Waals surface area contributed by atoms with Gasteiger partial charge >= 0.3 is 11.9 Å². The molecule has 0 bridgehead atoms. The summed E-state index contributed by atoms with van der Waals surface area (Å²) < 4.78 is 23.4. The van der Waals surface area contributed by atoms with E-state index in [0.29, 0.717) is 64.2 Å². The first-order valence-electron chi connectivity index (χ1n) is 21.1. The maximum absolute atomic E-state index is 14.6. The topological polar surface area (TPSA) is 273 Å². The Balaban J connectivity index is 1.20. The summed E-state index contributed by atoms with van der Waals surface area (Å²) in [4.78, 5) is 28.1. The molecule has 20 unspecified atom stereocenters. The molecule has 0 radical (unpaired) electrons. The van der Waals surface area contributed by atoms with E-state index in [1.807, 2.05) is 6.92 Å². The van der Waals surface area contributed by atoms with Crippen LogP contribution in [0.4, 0.5) is 0 Å². The van der Waals surface area contributed by atoms with Crippen molar-refractivity contribution in [3.8, 4) is 0 Å². The lowest BCUT2D eigenvalue weighted by atomic mass is 9.33. The standard InChI is InChI=1S/C42H66O16/c1-37(19-45)12-14-42(36(54)58-34-32(51)30(49)28(47)23(18-44)56-34)15-13-39(3)20(21(42)16-37)6-7-24-38(2)10-9-26(41(5,35(52)53)25(38)8-11-40(24,39)4)57-33-31(50)29(48)27(46)22(17-43)55-33/h6,21-34,43-51H,7-19H2,1-5H3,(H,52,53). The highest BCUT2D eigenvalue weighted by atomic mass is 16.7. The summed E-state index contributed by atoms with van der Waals surface area (Å²) >= 11 is 0. The third kappa shape index (κ3) is 6.29. The first kappa shape index (κ1) is 44.3. The number of esters is 1. The molecule has 2 saturated heterocycles. The predicted molar refractivity (Wildman–Crippen MR) is 201 cm³/mol. The molecule has 10 N–H and O–H groups in total. The van der Waals surface area contributed by atoms with E-state index >= 15 is 0 Å². The van der Waals surface area contributed by atoms with Gasteiger partial charge in [0.2, 0.25) is 6.29 Å². The molecule has 7 rings (SSSR count). The quantitative estimate of drug-likeness (QED) is 0.0899. The molecule has 2 heterocycles. The van der Waals surface area contributed by atoms with Crippen LogP contribution in [0.15, 0.2) is 11.6 Å². The number of hydrogen-bond donors (Lipinski definition) is 10. The molecule has 0 amide bonds. The summed E-state index contributed by atoms with van der Waals surface area (Å²) in [5.74, 6) is -2.32. The Hall–Kier alpha value is -1.80. The number of carboxylic acids is 1. The Morgan fingerprint density at radius 1 is 0.724 bits per heavy atom. The summed E-state index contributed by atoms with van der Waals surface area (Å²) in [7, 11) is 0. The van der Waals surface area contributed by atoms with Crippen LogP contribution in [-0.4, -0.2) is 150 Å². The number of carbonyl (C=O) groups excluding carboxylic acids is 1. The van der Waals surface area contributed by atoms with Crippen molar-refractivity contribution in [2.24, 2.45) is 50.2 Å². The molecule has 4 saturated carbocycles. The van der Waals surface area contributed by atoms with Gasteiger partial charge in [-0.1, -0.05) is 39.3 Å². The molecule has 2 aliphatic heterocycles. The van der Waals surface area contributed by atoms with E-state index < -0.39 is 120 Å². The van der Waals surface area contributed by atoms with E-state index in [1.165, 1.54) is 0 Å². The van der Waals surface area contributed by atoms with E-state index in [-0.39, 0.29) is 29.8 Å². The fourth-order valence-corrected chi connectivity index (χ4v) is 13.5. The van der Waals surface area contributed by atoms with Crippen LogP contribution < -0.4 is 0 Å². The minimum Gasteiger partial charge on any atom is -0.481 e. The van der Waals surface area contributed by atoms with Gasteiger partial charge in [0.15, 0.2) is 6.29 Å². The molecule has 330 valence electrons. The Bertz CT molecular complexity index is 1610. The second-order valence-electron chi connectivity index (χ2n) is 20.2. The zero-order valence-electron chi connectivity index (χ0n) is 34.3.